The molecule has 0 aromatic heterocycles. The van der Waals surface area contributed by atoms with Gasteiger partial charge in [-0.25, -0.2) is 0 Å². The predicted molar refractivity (Wildman–Crippen MR) is 101 cm³/mol. The van der Waals surface area contributed by atoms with Gasteiger partial charge in [-0.1, -0.05) is 48.5 Å². The number of rotatable bonds is 5. The summed E-state index contributed by atoms with van der Waals surface area (Å²) in [4.78, 5) is 4.88. The zero-order chi connectivity index (χ0) is 16.9. The molecule has 128 valence electrons. The maximum Gasteiger partial charge on any atom is 0.0707 e. The lowest BCUT2D eigenvalue weighted by Crippen LogP contribution is -2.49. The third-order valence-corrected chi connectivity index (χ3v) is 4.91. The molecule has 2 aromatic rings. The molecule has 1 aliphatic heterocycles. The standard InChI is InChI=1S/C21H28N2O/c1-17-7-6-8-18(2)21(17)23-13-11-22(12-14-23)16-20(24)15-19-9-4-3-5-10-19/h3-10,20,24H,11-16H2,1-2H3. The summed E-state index contributed by atoms with van der Waals surface area (Å²) < 4.78 is 0. The molecule has 0 spiro atoms. The molecule has 0 aliphatic carbocycles. The number of aryl methyl sites for hydroxylation is 2. The summed E-state index contributed by atoms with van der Waals surface area (Å²) in [6, 6.07) is 16.8. The van der Waals surface area contributed by atoms with Crippen molar-refractivity contribution >= 4 is 5.69 Å². The zero-order valence-electron chi connectivity index (χ0n) is 14.8. The Balaban J connectivity index is 1.52. The monoisotopic (exact) mass is 324 g/mol. The SMILES string of the molecule is Cc1cccc(C)c1N1CCN(CC(O)Cc2ccccc2)CC1. The molecule has 3 rings (SSSR count). The van der Waals surface area contributed by atoms with Crippen LogP contribution in [0.5, 0.6) is 0 Å². The largest absolute Gasteiger partial charge is 0.391 e. The average Bonchev–Trinajstić information content (AvgIpc) is 2.57. The number of hydrogen-bond acceptors (Lipinski definition) is 3. The highest BCUT2D eigenvalue weighted by molar-refractivity contribution is 5.59. The molecule has 1 unspecified atom stereocenters. The van der Waals surface area contributed by atoms with Crippen molar-refractivity contribution in [3.8, 4) is 0 Å². The highest BCUT2D eigenvalue weighted by Gasteiger charge is 2.21. The molecule has 1 fully saturated rings. The van der Waals surface area contributed by atoms with Gasteiger partial charge in [0.1, 0.15) is 0 Å². The van der Waals surface area contributed by atoms with E-state index < -0.39 is 0 Å². The molecule has 0 radical (unpaired) electrons. The quantitative estimate of drug-likeness (QED) is 0.916. The van der Waals surface area contributed by atoms with Crippen LogP contribution in [0.25, 0.3) is 0 Å². The Bertz CT molecular complexity index is 628. The highest BCUT2D eigenvalue weighted by atomic mass is 16.3. The first-order chi connectivity index (χ1) is 11.6. The van der Waals surface area contributed by atoms with Crippen LogP contribution in [0.3, 0.4) is 0 Å². The van der Waals surface area contributed by atoms with Crippen molar-refractivity contribution in [2.45, 2.75) is 26.4 Å². The van der Waals surface area contributed by atoms with Crippen molar-refractivity contribution in [2.24, 2.45) is 0 Å². The number of β-amino-alcohol motifs (C(OH)–C–C–N with tert-alkyl or cyclic N) is 1. The number of benzene rings is 2. The van der Waals surface area contributed by atoms with Gasteiger partial charge in [0, 0.05) is 38.4 Å². The van der Waals surface area contributed by atoms with E-state index in [9.17, 15) is 5.11 Å². The van der Waals surface area contributed by atoms with E-state index in [0.717, 1.165) is 39.1 Å². The smallest absolute Gasteiger partial charge is 0.0707 e. The van der Waals surface area contributed by atoms with Crippen molar-refractivity contribution in [2.75, 3.05) is 37.6 Å². The van der Waals surface area contributed by atoms with Gasteiger partial charge in [0.2, 0.25) is 0 Å². The van der Waals surface area contributed by atoms with Gasteiger partial charge >= 0.3 is 0 Å². The van der Waals surface area contributed by atoms with Crippen LogP contribution in [-0.4, -0.2) is 48.8 Å². The molecule has 2 aromatic carbocycles. The summed E-state index contributed by atoms with van der Waals surface area (Å²) >= 11 is 0. The lowest BCUT2D eigenvalue weighted by Gasteiger charge is -2.38. The third-order valence-electron chi connectivity index (χ3n) is 4.91. The molecule has 1 aliphatic rings. The number of aliphatic hydroxyl groups excluding tert-OH is 1. The summed E-state index contributed by atoms with van der Waals surface area (Å²) in [5, 5.41) is 10.4. The van der Waals surface area contributed by atoms with Gasteiger partial charge < -0.3 is 10.0 Å². The fraction of sp³-hybridized carbons (Fsp3) is 0.429. The first-order valence-electron chi connectivity index (χ1n) is 8.89. The minimum atomic E-state index is -0.292. The van der Waals surface area contributed by atoms with E-state index in [1.807, 2.05) is 18.2 Å². The topological polar surface area (TPSA) is 26.7 Å². The molecule has 0 bridgehead atoms. The molecule has 1 saturated heterocycles. The second-order valence-corrected chi connectivity index (χ2v) is 6.87. The summed E-state index contributed by atoms with van der Waals surface area (Å²) in [5.74, 6) is 0. The van der Waals surface area contributed by atoms with Crippen LogP contribution < -0.4 is 4.90 Å². The van der Waals surface area contributed by atoms with E-state index in [-0.39, 0.29) is 6.10 Å². The summed E-state index contributed by atoms with van der Waals surface area (Å²) in [6.45, 7) is 9.23. The Morgan fingerprint density at radius 1 is 0.875 bits per heavy atom. The fourth-order valence-electron chi connectivity index (χ4n) is 3.71. The Morgan fingerprint density at radius 3 is 2.12 bits per heavy atom. The van der Waals surface area contributed by atoms with E-state index in [0.29, 0.717) is 0 Å². The van der Waals surface area contributed by atoms with E-state index >= 15 is 0 Å². The third kappa shape index (κ3) is 4.16. The Morgan fingerprint density at radius 2 is 1.50 bits per heavy atom. The molecule has 24 heavy (non-hydrogen) atoms. The molecular weight excluding hydrogens is 296 g/mol. The maximum absolute atomic E-state index is 10.4. The number of aliphatic hydroxyl groups is 1. The van der Waals surface area contributed by atoms with Crippen LogP contribution in [0.2, 0.25) is 0 Å². The van der Waals surface area contributed by atoms with Crippen LogP contribution in [-0.2, 0) is 6.42 Å². The lowest BCUT2D eigenvalue weighted by molar-refractivity contribution is 0.109. The first-order valence-corrected chi connectivity index (χ1v) is 8.89. The normalized spacial score (nSPS) is 17.0. The Kier molecular flexibility index (Phi) is 5.54. The number of anilines is 1. The van der Waals surface area contributed by atoms with Crippen molar-refractivity contribution in [3.63, 3.8) is 0 Å². The fourth-order valence-corrected chi connectivity index (χ4v) is 3.71. The van der Waals surface area contributed by atoms with E-state index in [2.05, 4.69) is 54.0 Å². The first kappa shape index (κ1) is 17.0. The van der Waals surface area contributed by atoms with Gasteiger partial charge in [-0.05, 0) is 37.0 Å². The van der Waals surface area contributed by atoms with Crippen molar-refractivity contribution in [1.82, 2.24) is 4.90 Å². The number of para-hydroxylation sites is 1. The maximum atomic E-state index is 10.4. The van der Waals surface area contributed by atoms with Gasteiger partial charge in [-0.3, -0.25) is 4.90 Å². The van der Waals surface area contributed by atoms with Crippen molar-refractivity contribution < 1.29 is 5.11 Å². The molecular formula is C21H28N2O. The zero-order valence-corrected chi connectivity index (χ0v) is 14.8. The molecule has 1 N–H and O–H groups in total. The number of hydrogen-bond donors (Lipinski definition) is 1. The predicted octanol–water partition coefficient (Wildman–Crippen LogP) is 3.03. The minimum absolute atomic E-state index is 0.292. The van der Waals surface area contributed by atoms with Crippen LogP contribution in [0.4, 0.5) is 5.69 Å². The van der Waals surface area contributed by atoms with Gasteiger partial charge in [-0.2, -0.15) is 0 Å². The van der Waals surface area contributed by atoms with Crippen LogP contribution in [0, 0.1) is 13.8 Å². The molecule has 1 heterocycles. The van der Waals surface area contributed by atoms with Gasteiger partial charge in [0.25, 0.3) is 0 Å². The van der Waals surface area contributed by atoms with Crippen LogP contribution in [0.1, 0.15) is 16.7 Å². The molecule has 0 amide bonds. The van der Waals surface area contributed by atoms with E-state index in [1.54, 1.807) is 0 Å². The molecule has 0 saturated carbocycles. The van der Waals surface area contributed by atoms with Crippen LogP contribution in [0.15, 0.2) is 48.5 Å². The van der Waals surface area contributed by atoms with E-state index in [1.165, 1.54) is 22.4 Å². The van der Waals surface area contributed by atoms with Gasteiger partial charge in [0.05, 0.1) is 6.10 Å². The Labute approximate surface area is 145 Å². The lowest BCUT2D eigenvalue weighted by atomic mass is 10.1. The van der Waals surface area contributed by atoms with Crippen molar-refractivity contribution in [1.29, 1.82) is 0 Å². The van der Waals surface area contributed by atoms with Crippen molar-refractivity contribution in [3.05, 3.63) is 65.2 Å². The molecule has 3 heteroatoms. The summed E-state index contributed by atoms with van der Waals surface area (Å²) in [6.07, 6.45) is 0.442. The average molecular weight is 324 g/mol. The van der Waals surface area contributed by atoms with Crippen LogP contribution >= 0.6 is 0 Å². The minimum Gasteiger partial charge on any atom is -0.391 e. The molecule has 3 nitrogen and oxygen atoms in total. The van der Waals surface area contributed by atoms with Gasteiger partial charge in [0.15, 0.2) is 0 Å². The second kappa shape index (κ2) is 7.82. The number of piperazine rings is 1. The summed E-state index contributed by atoms with van der Waals surface area (Å²) in [5.41, 5.74) is 5.31. The van der Waals surface area contributed by atoms with Gasteiger partial charge in [-0.15, -0.1) is 0 Å². The molecule has 1 atom stereocenters. The second-order valence-electron chi connectivity index (χ2n) is 6.87. The highest BCUT2D eigenvalue weighted by Crippen LogP contribution is 2.25. The number of nitrogens with zero attached hydrogens (tertiary/aromatic N) is 2. The van der Waals surface area contributed by atoms with E-state index in [4.69, 9.17) is 0 Å². The summed E-state index contributed by atoms with van der Waals surface area (Å²) in [7, 11) is 0. The Hall–Kier alpha value is -1.84.